The van der Waals surface area contributed by atoms with Crippen LogP contribution < -0.4 is 11.1 Å². The Hall–Kier alpha value is -0.800. The van der Waals surface area contributed by atoms with Gasteiger partial charge in [-0.2, -0.15) is 0 Å². The molecule has 0 spiro atoms. The van der Waals surface area contributed by atoms with Gasteiger partial charge in [-0.25, -0.2) is 0 Å². The second-order valence-electron chi connectivity index (χ2n) is 5.03. The van der Waals surface area contributed by atoms with E-state index in [9.17, 15) is 0 Å². The molecule has 1 fully saturated rings. The Morgan fingerprint density at radius 2 is 2.44 bits per heavy atom. The number of hydrogen-bond acceptors (Lipinski definition) is 3. The molecule has 1 aromatic rings. The van der Waals surface area contributed by atoms with Crippen molar-refractivity contribution in [3.05, 3.63) is 24.2 Å². The molecule has 1 heterocycles. The molecule has 1 aromatic heterocycles. The van der Waals surface area contributed by atoms with Crippen molar-refractivity contribution >= 4 is 0 Å². The van der Waals surface area contributed by atoms with Crippen LogP contribution in [0.4, 0.5) is 0 Å². The van der Waals surface area contributed by atoms with E-state index in [2.05, 4.69) is 12.2 Å². The molecular weight excluding hydrogens is 200 g/mol. The second-order valence-corrected chi connectivity index (χ2v) is 5.03. The summed E-state index contributed by atoms with van der Waals surface area (Å²) in [6.07, 6.45) is 6.35. The van der Waals surface area contributed by atoms with Crippen molar-refractivity contribution in [2.24, 2.45) is 11.7 Å². The Morgan fingerprint density at radius 1 is 1.56 bits per heavy atom. The summed E-state index contributed by atoms with van der Waals surface area (Å²) in [6, 6.07) is 4.89. The molecule has 90 valence electrons. The first kappa shape index (κ1) is 11.7. The van der Waals surface area contributed by atoms with Gasteiger partial charge in [-0.1, -0.05) is 0 Å². The van der Waals surface area contributed by atoms with Gasteiger partial charge in [0.15, 0.2) is 0 Å². The summed E-state index contributed by atoms with van der Waals surface area (Å²) in [6.45, 7) is 3.30. The molecule has 16 heavy (non-hydrogen) atoms. The minimum atomic E-state index is 0.437. The molecule has 0 amide bonds. The van der Waals surface area contributed by atoms with Crippen molar-refractivity contribution in [2.45, 2.75) is 44.7 Å². The quantitative estimate of drug-likeness (QED) is 0.800. The highest BCUT2D eigenvalue weighted by atomic mass is 16.3. The van der Waals surface area contributed by atoms with Crippen LogP contribution in [-0.4, -0.2) is 18.6 Å². The SMILES string of the molecule is CC(Cc1ccco1)NCC1CCC(N)C1. The summed E-state index contributed by atoms with van der Waals surface area (Å²) in [4.78, 5) is 0. The van der Waals surface area contributed by atoms with Gasteiger partial charge >= 0.3 is 0 Å². The first-order chi connectivity index (χ1) is 7.74. The molecule has 0 radical (unpaired) electrons. The lowest BCUT2D eigenvalue weighted by Gasteiger charge is -2.16. The zero-order valence-electron chi connectivity index (χ0n) is 9.99. The van der Waals surface area contributed by atoms with Gasteiger partial charge in [0.05, 0.1) is 6.26 Å². The van der Waals surface area contributed by atoms with Crippen LogP contribution in [0, 0.1) is 5.92 Å². The van der Waals surface area contributed by atoms with Gasteiger partial charge in [-0.3, -0.25) is 0 Å². The maximum absolute atomic E-state index is 5.90. The normalized spacial score (nSPS) is 27.1. The molecule has 2 rings (SSSR count). The van der Waals surface area contributed by atoms with Crippen molar-refractivity contribution in [2.75, 3.05) is 6.54 Å². The number of hydrogen-bond donors (Lipinski definition) is 2. The van der Waals surface area contributed by atoms with Crippen LogP contribution >= 0.6 is 0 Å². The monoisotopic (exact) mass is 222 g/mol. The van der Waals surface area contributed by atoms with Crippen molar-refractivity contribution in [1.29, 1.82) is 0 Å². The van der Waals surface area contributed by atoms with Gasteiger partial charge in [0.2, 0.25) is 0 Å². The summed E-state index contributed by atoms with van der Waals surface area (Å²) in [5.41, 5.74) is 5.90. The van der Waals surface area contributed by atoms with E-state index in [0.717, 1.165) is 24.6 Å². The Kier molecular flexibility index (Phi) is 4.02. The second kappa shape index (κ2) is 5.51. The van der Waals surface area contributed by atoms with E-state index in [1.165, 1.54) is 19.3 Å². The van der Waals surface area contributed by atoms with E-state index in [0.29, 0.717) is 12.1 Å². The smallest absolute Gasteiger partial charge is 0.105 e. The molecule has 1 saturated carbocycles. The first-order valence-corrected chi connectivity index (χ1v) is 6.25. The standard InChI is InChI=1S/C13H22N2O/c1-10(7-13-3-2-6-16-13)15-9-11-4-5-12(14)8-11/h2-3,6,10-12,15H,4-5,7-9,14H2,1H3. The van der Waals surface area contributed by atoms with Crippen LogP contribution in [0.5, 0.6) is 0 Å². The molecule has 1 aliphatic rings. The van der Waals surface area contributed by atoms with E-state index < -0.39 is 0 Å². The number of nitrogens with two attached hydrogens (primary N) is 1. The van der Waals surface area contributed by atoms with Gasteiger partial charge in [0.25, 0.3) is 0 Å². The molecule has 0 saturated heterocycles. The summed E-state index contributed by atoms with van der Waals surface area (Å²) in [5, 5.41) is 3.57. The molecule has 3 atom stereocenters. The molecule has 0 aliphatic heterocycles. The van der Waals surface area contributed by atoms with Crippen molar-refractivity contribution in [3.8, 4) is 0 Å². The van der Waals surface area contributed by atoms with E-state index in [1.807, 2.05) is 12.1 Å². The minimum absolute atomic E-state index is 0.437. The average Bonchev–Trinajstić information content (AvgIpc) is 2.87. The fourth-order valence-electron chi connectivity index (χ4n) is 2.47. The maximum atomic E-state index is 5.90. The summed E-state index contributed by atoms with van der Waals surface area (Å²) in [5.74, 6) is 1.83. The molecular formula is C13H22N2O. The van der Waals surface area contributed by atoms with E-state index in [4.69, 9.17) is 10.2 Å². The van der Waals surface area contributed by atoms with Crippen LogP contribution in [-0.2, 0) is 6.42 Å². The lowest BCUT2D eigenvalue weighted by Crippen LogP contribution is -2.32. The van der Waals surface area contributed by atoms with Gasteiger partial charge < -0.3 is 15.5 Å². The van der Waals surface area contributed by atoms with Crippen molar-refractivity contribution in [1.82, 2.24) is 5.32 Å². The van der Waals surface area contributed by atoms with Crippen molar-refractivity contribution < 1.29 is 4.42 Å². The topological polar surface area (TPSA) is 51.2 Å². The predicted octanol–water partition coefficient (Wildman–Crippen LogP) is 1.93. The highest BCUT2D eigenvalue weighted by Gasteiger charge is 2.21. The van der Waals surface area contributed by atoms with Crippen LogP contribution in [0.15, 0.2) is 22.8 Å². The lowest BCUT2D eigenvalue weighted by molar-refractivity contribution is 0.414. The van der Waals surface area contributed by atoms with Crippen LogP contribution in [0.3, 0.4) is 0 Å². The molecule has 0 aromatic carbocycles. The highest BCUT2D eigenvalue weighted by molar-refractivity contribution is 5.00. The highest BCUT2D eigenvalue weighted by Crippen LogP contribution is 2.23. The largest absolute Gasteiger partial charge is 0.469 e. The first-order valence-electron chi connectivity index (χ1n) is 6.25. The van der Waals surface area contributed by atoms with E-state index in [-0.39, 0.29) is 0 Å². The molecule has 3 nitrogen and oxygen atoms in total. The predicted molar refractivity (Wildman–Crippen MR) is 65.2 cm³/mol. The maximum Gasteiger partial charge on any atom is 0.105 e. The van der Waals surface area contributed by atoms with Gasteiger partial charge in [0.1, 0.15) is 5.76 Å². The summed E-state index contributed by atoms with van der Waals surface area (Å²) < 4.78 is 5.33. The Balaban J connectivity index is 1.66. The third kappa shape index (κ3) is 3.35. The summed E-state index contributed by atoms with van der Waals surface area (Å²) in [7, 11) is 0. The Labute approximate surface area is 97.4 Å². The van der Waals surface area contributed by atoms with Crippen LogP contribution in [0.1, 0.15) is 31.9 Å². The van der Waals surface area contributed by atoms with Crippen molar-refractivity contribution in [3.63, 3.8) is 0 Å². The molecule has 0 bridgehead atoms. The Bertz CT molecular complexity index is 297. The molecule has 3 N–H and O–H groups in total. The van der Waals surface area contributed by atoms with E-state index in [1.54, 1.807) is 6.26 Å². The summed E-state index contributed by atoms with van der Waals surface area (Å²) >= 11 is 0. The lowest BCUT2D eigenvalue weighted by atomic mass is 10.1. The number of furan rings is 1. The zero-order valence-corrected chi connectivity index (χ0v) is 9.99. The van der Waals surface area contributed by atoms with Crippen LogP contribution in [0.2, 0.25) is 0 Å². The Morgan fingerprint density at radius 3 is 3.06 bits per heavy atom. The molecule has 3 heteroatoms. The van der Waals surface area contributed by atoms with Gasteiger partial charge in [-0.15, -0.1) is 0 Å². The molecule has 1 aliphatic carbocycles. The third-order valence-electron chi connectivity index (χ3n) is 3.42. The number of nitrogens with one attached hydrogen (secondary N) is 1. The minimum Gasteiger partial charge on any atom is -0.469 e. The number of rotatable bonds is 5. The fourth-order valence-corrected chi connectivity index (χ4v) is 2.47. The van der Waals surface area contributed by atoms with E-state index >= 15 is 0 Å². The van der Waals surface area contributed by atoms with Crippen LogP contribution in [0.25, 0.3) is 0 Å². The third-order valence-corrected chi connectivity index (χ3v) is 3.42. The van der Waals surface area contributed by atoms with Gasteiger partial charge in [0, 0.05) is 18.5 Å². The fraction of sp³-hybridized carbons (Fsp3) is 0.692. The van der Waals surface area contributed by atoms with Gasteiger partial charge in [-0.05, 0) is 50.8 Å². The molecule has 3 unspecified atom stereocenters. The average molecular weight is 222 g/mol. The zero-order chi connectivity index (χ0) is 11.4.